The molecule has 2 bridgehead atoms. The first-order chi connectivity index (χ1) is 9.93. The standard InChI is InChI=1S/C14H20N4OS2/c1-13(2)9-4-5-14(13,3)10(6-9)16-17-11(19)7-20-12-18-15-8-21-12/h8-9H,4-7H2,1-3H3,(H,17,19)/b16-10-. The number of carbonyl (C=O) groups excluding carboxylic acids is 1. The Bertz CT molecular complexity index is 570. The van der Waals surface area contributed by atoms with Crippen LogP contribution < -0.4 is 5.43 Å². The minimum atomic E-state index is -0.0770. The van der Waals surface area contributed by atoms with E-state index in [1.54, 1.807) is 5.51 Å². The summed E-state index contributed by atoms with van der Waals surface area (Å²) in [6, 6.07) is 0. The maximum absolute atomic E-state index is 11.9. The fourth-order valence-electron chi connectivity index (χ4n) is 3.61. The van der Waals surface area contributed by atoms with Gasteiger partial charge in [-0.15, -0.1) is 10.2 Å². The van der Waals surface area contributed by atoms with Crippen LogP contribution in [0.4, 0.5) is 0 Å². The van der Waals surface area contributed by atoms with Crippen LogP contribution in [0.1, 0.15) is 40.0 Å². The van der Waals surface area contributed by atoms with E-state index in [1.807, 2.05) is 0 Å². The molecule has 1 aromatic rings. The number of aromatic nitrogens is 2. The number of hydrazone groups is 1. The third kappa shape index (κ3) is 2.50. The molecule has 7 heteroatoms. The second-order valence-corrected chi connectivity index (χ2v) is 8.64. The zero-order valence-electron chi connectivity index (χ0n) is 12.5. The van der Waals surface area contributed by atoms with E-state index in [0.29, 0.717) is 11.7 Å². The number of hydrogen-bond donors (Lipinski definition) is 1. The average Bonchev–Trinajstić information content (AvgIpc) is 3.08. The van der Waals surface area contributed by atoms with E-state index in [4.69, 9.17) is 0 Å². The quantitative estimate of drug-likeness (QED) is 0.683. The predicted octanol–water partition coefficient (Wildman–Crippen LogP) is 2.95. The van der Waals surface area contributed by atoms with Crippen LogP contribution >= 0.6 is 23.1 Å². The van der Waals surface area contributed by atoms with Crippen LogP contribution in [-0.2, 0) is 4.79 Å². The number of thioether (sulfide) groups is 1. The molecular weight excluding hydrogens is 304 g/mol. The van der Waals surface area contributed by atoms with Crippen LogP contribution in [0.15, 0.2) is 15.0 Å². The summed E-state index contributed by atoms with van der Waals surface area (Å²) < 4.78 is 0.811. The van der Waals surface area contributed by atoms with Crippen LogP contribution in [0, 0.1) is 16.7 Å². The lowest BCUT2D eigenvalue weighted by molar-refractivity contribution is -0.118. The summed E-state index contributed by atoms with van der Waals surface area (Å²) in [5.41, 5.74) is 5.98. The van der Waals surface area contributed by atoms with Gasteiger partial charge in [0.25, 0.3) is 5.91 Å². The third-order valence-electron chi connectivity index (χ3n) is 5.49. The van der Waals surface area contributed by atoms with E-state index in [9.17, 15) is 4.79 Å². The summed E-state index contributed by atoms with van der Waals surface area (Å²) in [6.45, 7) is 6.96. The lowest BCUT2D eigenvalue weighted by Crippen LogP contribution is -2.34. The molecule has 2 atom stereocenters. The summed E-state index contributed by atoms with van der Waals surface area (Å²) in [6.07, 6.45) is 3.48. The summed E-state index contributed by atoms with van der Waals surface area (Å²) >= 11 is 2.84. The molecule has 2 saturated carbocycles. The van der Waals surface area contributed by atoms with Gasteiger partial charge >= 0.3 is 0 Å². The van der Waals surface area contributed by atoms with Gasteiger partial charge in [0.05, 0.1) is 5.75 Å². The van der Waals surface area contributed by atoms with Crippen molar-refractivity contribution >= 4 is 34.7 Å². The van der Waals surface area contributed by atoms with E-state index in [1.165, 1.54) is 35.9 Å². The van der Waals surface area contributed by atoms with Gasteiger partial charge in [-0.2, -0.15) is 5.10 Å². The Morgan fingerprint density at radius 1 is 1.57 bits per heavy atom. The molecule has 1 amide bonds. The first-order valence-corrected chi connectivity index (χ1v) is 9.05. The fraction of sp³-hybridized carbons (Fsp3) is 0.714. The Labute approximate surface area is 133 Å². The monoisotopic (exact) mass is 324 g/mol. The highest BCUT2D eigenvalue weighted by atomic mass is 32.2. The predicted molar refractivity (Wildman–Crippen MR) is 85.4 cm³/mol. The second-order valence-electron chi connectivity index (χ2n) is 6.58. The van der Waals surface area contributed by atoms with E-state index in [0.717, 1.165) is 16.5 Å². The maximum Gasteiger partial charge on any atom is 0.250 e. The smallest absolute Gasteiger partial charge is 0.250 e. The molecule has 1 heterocycles. The van der Waals surface area contributed by atoms with Crippen molar-refractivity contribution in [3.63, 3.8) is 0 Å². The zero-order chi connectivity index (χ0) is 15.1. The van der Waals surface area contributed by atoms with Gasteiger partial charge in [-0.1, -0.05) is 43.9 Å². The third-order valence-corrected chi connectivity index (χ3v) is 7.35. The molecule has 2 aliphatic carbocycles. The van der Waals surface area contributed by atoms with Gasteiger partial charge < -0.3 is 0 Å². The molecule has 1 aromatic heterocycles. The number of nitrogens with zero attached hydrogens (tertiary/aromatic N) is 3. The Kier molecular flexibility index (Phi) is 3.81. The Balaban J connectivity index is 1.58. The van der Waals surface area contributed by atoms with E-state index in [2.05, 4.69) is 41.5 Å². The lowest BCUT2D eigenvalue weighted by Gasteiger charge is -2.34. The van der Waals surface area contributed by atoms with Gasteiger partial charge in [0, 0.05) is 11.1 Å². The fourth-order valence-corrected chi connectivity index (χ4v) is 4.89. The molecule has 114 valence electrons. The van der Waals surface area contributed by atoms with Crippen molar-refractivity contribution in [3.8, 4) is 0 Å². The molecule has 1 N–H and O–H groups in total. The second kappa shape index (κ2) is 5.35. The molecule has 2 unspecified atom stereocenters. The first-order valence-electron chi connectivity index (χ1n) is 7.18. The largest absolute Gasteiger partial charge is 0.272 e. The van der Waals surface area contributed by atoms with E-state index in [-0.39, 0.29) is 16.7 Å². The van der Waals surface area contributed by atoms with Gasteiger partial charge in [0.15, 0.2) is 4.34 Å². The summed E-state index contributed by atoms with van der Waals surface area (Å²) in [4.78, 5) is 11.9. The topological polar surface area (TPSA) is 67.2 Å². The molecule has 5 nitrogen and oxygen atoms in total. The van der Waals surface area contributed by atoms with E-state index >= 15 is 0 Å². The van der Waals surface area contributed by atoms with E-state index < -0.39 is 0 Å². The highest BCUT2D eigenvalue weighted by molar-refractivity contribution is 8.01. The number of carbonyl (C=O) groups is 1. The first kappa shape index (κ1) is 15.0. The molecule has 0 saturated heterocycles. The lowest BCUT2D eigenvalue weighted by atomic mass is 9.70. The minimum Gasteiger partial charge on any atom is -0.272 e. The minimum absolute atomic E-state index is 0.0770. The molecule has 0 aromatic carbocycles. The van der Waals surface area contributed by atoms with Gasteiger partial charge in [-0.05, 0) is 30.6 Å². The van der Waals surface area contributed by atoms with Gasteiger partial charge in [0.1, 0.15) is 5.51 Å². The van der Waals surface area contributed by atoms with Crippen LogP contribution in [0.25, 0.3) is 0 Å². The number of hydrogen-bond acceptors (Lipinski definition) is 6. The Morgan fingerprint density at radius 3 is 2.95 bits per heavy atom. The van der Waals surface area contributed by atoms with Crippen molar-refractivity contribution in [2.75, 3.05) is 5.75 Å². The van der Waals surface area contributed by atoms with Crippen LogP contribution in [0.3, 0.4) is 0 Å². The average molecular weight is 324 g/mol. The zero-order valence-corrected chi connectivity index (χ0v) is 14.2. The SMILES string of the molecule is CC12CCC(C/C1=N/NC(=O)CSc1nncs1)C2(C)C. The highest BCUT2D eigenvalue weighted by Gasteiger charge is 2.59. The normalized spacial score (nSPS) is 31.8. The number of nitrogens with one attached hydrogen (secondary N) is 1. The molecule has 2 fully saturated rings. The molecule has 0 radical (unpaired) electrons. The number of amides is 1. The molecule has 0 spiro atoms. The maximum atomic E-state index is 11.9. The van der Waals surface area contributed by atoms with Crippen molar-refractivity contribution in [2.45, 2.75) is 44.4 Å². The van der Waals surface area contributed by atoms with Crippen molar-refractivity contribution in [2.24, 2.45) is 21.8 Å². The highest BCUT2D eigenvalue weighted by Crippen LogP contribution is 2.63. The molecule has 0 aliphatic heterocycles. The van der Waals surface area contributed by atoms with Crippen molar-refractivity contribution in [1.29, 1.82) is 0 Å². The van der Waals surface area contributed by atoms with Gasteiger partial charge in [-0.3, -0.25) is 4.79 Å². The summed E-state index contributed by atoms with van der Waals surface area (Å²) in [5, 5.41) is 12.1. The van der Waals surface area contributed by atoms with Gasteiger partial charge in [0.2, 0.25) is 0 Å². The van der Waals surface area contributed by atoms with Crippen molar-refractivity contribution in [1.82, 2.24) is 15.6 Å². The van der Waals surface area contributed by atoms with Crippen LogP contribution in [0.5, 0.6) is 0 Å². The summed E-state index contributed by atoms with van der Waals surface area (Å²) in [7, 11) is 0. The Hall–Kier alpha value is -0.950. The molecule has 2 aliphatic rings. The number of fused-ring (bicyclic) bond motifs is 2. The summed E-state index contributed by atoms with van der Waals surface area (Å²) in [5.74, 6) is 0.955. The molecular formula is C14H20N4OS2. The van der Waals surface area contributed by atoms with Crippen molar-refractivity contribution < 1.29 is 4.79 Å². The Morgan fingerprint density at radius 2 is 2.38 bits per heavy atom. The molecule has 21 heavy (non-hydrogen) atoms. The van der Waals surface area contributed by atoms with Gasteiger partial charge in [-0.25, -0.2) is 5.43 Å². The molecule has 3 rings (SSSR count). The number of rotatable bonds is 4. The van der Waals surface area contributed by atoms with Crippen molar-refractivity contribution in [3.05, 3.63) is 5.51 Å². The van der Waals surface area contributed by atoms with Crippen LogP contribution in [0.2, 0.25) is 0 Å². The van der Waals surface area contributed by atoms with Crippen LogP contribution in [-0.4, -0.2) is 27.6 Å².